The van der Waals surface area contributed by atoms with Crippen LogP contribution in [0.25, 0.3) is 11.1 Å². The van der Waals surface area contributed by atoms with Gasteiger partial charge in [-0.25, -0.2) is 4.39 Å². The van der Waals surface area contributed by atoms with Gasteiger partial charge in [0.15, 0.2) is 17.3 Å². The molecule has 1 aliphatic carbocycles. The highest BCUT2D eigenvalue weighted by atomic mass is 19.1. The number of anilines is 2. The molecule has 1 heterocycles. The van der Waals surface area contributed by atoms with Crippen molar-refractivity contribution in [3.05, 3.63) is 77.1 Å². The second-order valence-corrected chi connectivity index (χ2v) is 9.27. The van der Waals surface area contributed by atoms with Gasteiger partial charge in [0.25, 0.3) is 5.91 Å². The molecule has 186 valence electrons. The van der Waals surface area contributed by atoms with Crippen molar-refractivity contribution in [1.29, 1.82) is 0 Å². The van der Waals surface area contributed by atoms with Crippen LogP contribution in [0.5, 0.6) is 5.75 Å². The van der Waals surface area contributed by atoms with Crippen LogP contribution in [0.1, 0.15) is 45.5 Å². The fourth-order valence-electron chi connectivity index (χ4n) is 5.17. The minimum atomic E-state index is -0.459. The van der Waals surface area contributed by atoms with Crippen LogP contribution < -0.4 is 15.4 Å². The summed E-state index contributed by atoms with van der Waals surface area (Å²) in [7, 11) is 1.43. The molecule has 7 heteroatoms. The molecule has 3 aromatic rings. The molecular formula is C29H30FN3O3. The van der Waals surface area contributed by atoms with E-state index in [0.717, 1.165) is 29.9 Å². The van der Waals surface area contributed by atoms with Crippen molar-refractivity contribution < 1.29 is 18.7 Å². The van der Waals surface area contributed by atoms with E-state index in [2.05, 4.69) is 15.5 Å². The predicted molar refractivity (Wildman–Crippen MR) is 140 cm³/mol. The number of benzene rings is 3. The second kappa shape index (κ2) is 10.5. The molecule has 0 saturated carbocycles. The monoisotopic (exact) mass is 487 g/mol. The lowest BCUT2D eigenvalue weighted by molar-refractivity contribution is 0.0995. The molecular weight excluding hydrogens is 457 g/mol. The van der Waals surface area contributed by atoms with E-state index in [-0.39, 0.29) is 17.4 Å². The summed E-state index contributed by atoms with van der Waals surface area (Å²) in [5, 5.41) is 6.32. The summed E-state index contributed by atoms with van der Waals surface area (Å²) in [6.07, 6.45) is 3.44. The van der Waals surface area contributed by atoms with Crippen molar-refractivity contribution in [1.82, 2.24) is 4.90 Å². The van der Waals surface area contributed by atoms with Crippen LogP contribution in [0.15, 0.2) is 54.6 Å². The number of rotatable bonds is 8. The minimum absolute atomic E-state index is 0.0323. The molecule has 3 aromatic carbocycles. The highest BCUT2D eigenvalue weighted by Crippen LogP contribution is 2.41. The smallest absolute Gasteiger partial charge is 0.255 e. The second-order valence-electron chi connectivity index (χ2n) is 9.27. The first-order valence-electron chi connectivity index (χ1n) is 12.4. The van der Waals surface area contributed by atoms with Crippen LogP contribution in [0, 0.1) is 5.82 Å². The Morgan fingerprint density at radius 1 is 1.00 bits per heavy atom. The van der Waals surface area contributed by atoms with Gasteiger partial charge < -0.3 is 20.3 Å². The number of methoxy groups -OCH3 is 1. The number of likely N-dealkylation sites (tertiary alicyclic amines) is 1. The Labute approximate surface area is 210 Å². The van der Waals surface area contributed by atoms with E-state index in [1.165, 1.54) is 39.1 Å². The predicted octanol–water partition coefficient (Wildman–Crippen LogP) is 5.39. The summed E-state index contributed by atoms with van der Waals surface area (Å²) >= 11 is 0. The number of fused-ring (bicyclic) bond motifs is 1. The number of hydrogen-bond acceptors (Lipinski definition) is 5. The Morgan fingerprint density at radius 3 is 2.53 bits per heavy atom. The van der Waals surface area contributed by atoms with Gasteiger partial charge in [-0.2, -0.15) is 0 Å². The minimum Gasteiger partial charge on any atom is -0.493 e. The maximum Gasteiger partial charge on any atom is 0.255 e. The molecule has 1 aliphatic heterocycles. The summed E-state index contributed by atoms with van der Waals surface area (Å²) in [6.45, 7) is 4.22. The fourth-order valence-corrected chi connectivity index (χ4v) is 5.17. The first-order chi connectivity index (χ1) is 17.5. The van der Waals surface area contributed by atoms with E-state index in [1.807, 2.05) is 18.2 Å². The van der Waals surface area contributed by atoms with Crippen LogP contribution in [-0.2, 0) is 6.42 Å². The highest BCUT2D eigenvalue weighted by molar-refractivity contribution is 6.12. The molecule has 2 aliphatic rings. The third-order valence-electron chi connectivity index (χ3n) is 7.01. The number of halogens is 1. The van der Waals surface area contributed by atoms with Crippen LogP contribution in [0.3, 0.4) is 0 Å². The SMILES string of the molecule is COc1c(F)cccc1-c1ccc(NC(=O)c2ccc(NCCN3CCCC3)cc2)c2c1CCC2=O. The van der Waals surface area contributed by atoms with Gasteiger partial charge in [0, 0.05) is 41.9 Å². The number of carbonyl (C=O) groups excluding carboxylic acids is 2. The zero-order chi connectivity index (χ0) is 25.1. The van der Waals surface area contributed by atoms with Gasteiger partial charge in [0.05, 0.1) is 12.8 Å². The molecule has 0 radical (unpaired) electrons. The number of para-hydroxylation sites is 1. The van der Waals surface area contributed by atoms with Gasteiger partial charge >= 0.3 is 0 Å². The molecule has 1 fully saturated rings. The molecule has 0 bridgehead atoms. The third-order valence-corrected chi connectivity index (χ3v) is 7.01. The maximum absolute atomic E-state index is 14.3. The number of nitrogens with one attached hydrogen (secondary N) is 2. The number of hydrogen-bond donors (Lipinski definition) is 2. The number of Topliss-reactive ketones (excluding diaryl/α,β-unsaturated/α-hetero) is 1. The average molecular weight is 488 g/mol. The van der Waals surface area contributed by atoms with Crippen molar-refractivity contribution in [2.45, 2.75) is 25.7 Å². The first-order valence-corrected chi connectivity index (χ1v) is 12.4. The molecule has 0 atom stereocenters. The van der Waals surface area contributed by atoms with E-state index in [9.17, 15) is 14.0 Å². The Morgan fingerprint density at radius 2 is 1.78 bits per heavy atom. The third kappa shape index (κ3) is 4.84. The zero-order valence-corrected chi connectivity index (χ0v) is 20.4. The van der Waals surface area contributed by atoms with Gasteiger partial charge in [0.1, 0.15) is 0 Å². The summed E-state index contributed by atoms with van der Waals surface area (Å²) in [4.78, 5) is 28.2. The van der Waals surface area contributed by atoms with Gasteiger partial charge in [-0.05, 0) is 79.9 Å². The summed E-state index contributed by atoms with van der Waals surface area (Å²) < 4.78 is 19.6. The fraction of sp³-hybridized carbons (Fsp3) is 0.310. The number of nitrogens with zero attached hydrogens (tertiary/aromatic N) is 1. The molecule has 5 rings (SSSR count). The molecule has 1 amide bonds. The van der Waals surface area contributed by atoms with E-state index in [4.69, 9.17) is 4.74 Å². The molecule has 0 spiro atoms. The Balaban J connectivity index is 1.32. The molecule has 36 heavy (non-hydrogen) atoms. The normalized spacial score (nSPS) is 15.1. The number of carbonyl (C=O) groups is 2. The van der Waals surface area contributed by atoms with Crippen LogP contribution in [-0.4, -0.2) is 49.9 Å². The lowest BCUT2D eigenvalue weighted by Crippen LogP contribution is -2.25. The van der Waals surface area contributed by atoms with Crippen LogP contribution in [0.4, 0.5) is 15.8 Å². The van der Waals surface area contributed by atoms with Crippen molar-refractivity contribution >= 4 is 23.1 Å². The number of ether oxygens (including phenoxy) is 1. The molecule has 2 N–H and O–H groups in total. The Hall–Kier alpha value is -3.71. The lowest BCUT2D eigenvalue weighted by atomic mass is 9.94. The molecule has 6 nitrogen and oxygen atoms in total. The standard InChI is InChI=1S/C29H30FN3O3/c1-36-28-23(5-4-6-24(28)30)21-11-13-25(27-22(21)12-14-26(27)34)32-29(35)19-7-9-20(10-8-19)31-15-18-33-16-2-3-17-33/h4-11,13,31H,2-3,12,14-18H2,1H3,(H,32,35). The van der Waals surface area contributed by atoms with E-state index >= 15 is 0 Å². The van der Waals surface area contributed by atoms with E-state index < -0.39 is 5.82 Å². The molecule has 0 unspecified atom stereocenters. The zero-order valence-electron chi connectivity index (χ0n) is 20.4. The van der Waals surface area contributed by atoms with E-state index in [0.29, 0.717) is 35.2 Å². The van der Waals surface area contributed by atoms with Gasteiger partial charge in [-0.15, -0.1) is 0 Å². The van der Waals surface area contributed by atoms with Gasteiger partial charge in [-0.1, -0.05) is 18.2 Å². The number of amides is 1. The molecule has 1 saturated heterocycles. The van der Waals surface area contributed by atoms with Crippen LogP contribution in [0.2, 0.25) is 0 Å². The largest absolute Gasteiger partial charge is 0.493 e. The number of ketones is 1. The van der Waals surface area contributed by atoms with Gasteiger partial charge in [-0.3, -0.25) is 9.59 Å². The topological polar surface area (TPSA) is 70.7 Å². The van der Waals surface area contributed by atoms with Crippen molar-refractivity contribution in [3.8, 4) is 16.9 Å². The van der Waals surface area contributed by atoms with Crippen molar-refractivity contribution in [3.63, 3.8) is 0 Å². The first kappa shape index (κ1) is 24.0. The quantitative estimate of drug-likeness (QED) is 0.446. The highest BCUT2D eigenvalue weighted by Gasteiger charge is 2.28. The Bertz CT molecular complexity index is 1280. The van der Waals surface area contributed by atoms with Crippen molar-refractivity contribution in [2.75, 3.05) is 43.9 Å². The van der Waals surface area contributed by atoms with Gasteiger partial charge in [0.2, 0.25) is 0 Å². The van der Waals surface area contributed by atoms with Crippen molar-refractivity contribution in [2.24, 2.45) is 0 Å². The lowest BCUT2D eigenvalue weighted by Gasteiger charge is -2.16. The summed E-state index contributed by atoms with van der Waals surface area (Å²) in [6, 6.07) is 15.6. The Kier molecular flexibility index (Phi) is 7.00. The molecule has 0 aromatic heterocycles. The average Bonchev–Trinajstić information content (AvgIpc) is 3.55. The maximum atomic E-state index is 14.3. The summed E-state index contributed by atoms with van der Waals surface area (Å²) in [5.41, 5.74) is 4.59. The van der Waals surface area contributed by atoms with E-state index in [1.54, 1.807) is 30.3 Å². The summed E-state index contributed by atoms with van der Waals surface area (Å²) in [5.74, 6) is -0.629. The van der Waals surface area contributed by atoms with Crippen LogP contribution >= 0.6 is 0 Å².